The zero-order chi connectivity index (χ0) is 14.5. The highest BCUT2D eigenvalue weighted by atomic mass is 16.5. The van der Waals surface area contributed by atoms with E-state index in [4.69, 9.17) is 4.74 Å². The number of hydrogen-bond donors (Lipinski definition) is 2. The van der Waals surface area contributed by atoms with E-state index < -0.39 is 0 Å². The summed E-state index contributed by atoms with van der Waals surface area (Å²) in [5.74, 6) is 1.12. The summed E-state index contributed by atoms with van der Waals surface area (Å²) in [6.07, 6.45) is 0.133. The van der Waals surface area contributed by atoms with Gasteiger partial charge in [-0.15, -0.1) is 0 Å². The minimum Gasteiger partial charge on any atom is -0.508 e. The molecule has 0 aliphatic carbocycles. The minimum atomic E-state index is 0.0824. The fraction of sp³-hybridized carbons (Fsp3) is 0.294. The van der Waals surface area contributed by atoms with Crippen LogP contribution in [0.15, 0.2) is 48.5 Å². The predicted molar refractivity (Wildman–Crippen MR) is 82.4 cm³/mol. The fourth-order valence-corrected chi connectivity index (χ4v) is 2.05. The molecule has 0 saturated heterocycles. The van der Waals surface area contributed by atoms with Gasteiger partial charge in [-0.25, -0.2) is 0 Å². The van der Waals surface area contributed by atoms with E-state index in [0.29, 0.717) is 0 Å². The zero-order valence-corrected chi connectivity index (χ0v) is 12.1. The molecule has 20 heavy (non-hydrogen) atoms. The highest BCUT2D eigenvalue weighted by Gasteiger charge is 2.10. The highest BCUT2D eigenvalue weighted by molar-refractivity contribution is 5.57. The summed E-state index contributed by atoms with van der Waals surface area (Å²) >= 11 is 0. The molecule has 0 fully saturated rings. The number of anilines is 1. The van der Waals surface area contributed by atoms with Crippen LogP contribution in [0.1, 0.15) is 32.4 Å². The van der Waals surface area contributed by atoms with Gasteiger partial charge in [0.25, 0.3) is 0 Å². The Balaban J connectivity index is 2.17. The molecule has 0 amide bonds. The minimum absolute atomic E-state index is 0.0824. The number of nitrogens with one attached hydrogen (secondary N) is 1. The van der Waals surface area contributed by atoms with Crippen molar-refractivity contribution in [3.63, 3.8) is 0 Å². The van der Waals surface area contributed by atoms with Crippen LogP contribution in [0.25, 0.3) is 0 Å². The Bertz CT molecular complexity index is 566. The molecular weight excluding hydrogens is 250 g/mol. The molecule has 3 nitrogen and oxygen atoms in total. The van der Waals surface area contributed by atoms with Crippen molar-refractivity contribution in [2.24, 2.45) is 0 Å². The molecule has 0 aromatic heterocycles. The lowest BCUT2D eigenvalue weighted by Gasteiger charge is -2.20. The summed E-state index contributed by atoms with van der Waals surface area (Å²) in [6, 6.07) is 15.2. The monoisotopic (exact) mass is 271 g/mol. The number of para-hydroxylation sites is 2. The van der Waals surface area contributed by atoms with Gasteiger partial charge in [-0.3, -0.25) is 0 Å². The van der Waals surface area contributed by atoms with Gasteiger partial charge in [0.15, 0.2) is 0 Å². The molecule has 0 bridgehead atoms. The normalized spacial score (nSPS) is 12.2. The molecule has 0 aliphatic heterocycles. The molecule has 0 saturated carbocycles. The van der Waals surface area contributed by atoms with Crippen molar-refractivity contribution in [3.8, 4) is 11.5 Å². The second kappa shape index (κ2) is 6.33. The second-order valence-electron chi connectivity index (χ2n) is 5.12. The third kappa shape index (κ3) is 3.67. The molecule has 1 unspecified atom stereocenters. The summed E-state index contributed by atoms with van der Waals surface area (Å²) in [5, 5.41) is 13.0. The molecule has 0 aliphatic rings. The first-order valence-corrected chi connectivity index (χ1v) is 6.87. The van der Waals surface area contributed by atoms with Crippen molar-refractivity contribution in [3.05, 3.63) is 54.1 Å². The number of ether oxygens (including phenoxy) is 1. The molecule has 106 valence electrons. The number of rotatable bonds is 5. The summed E-state index contributed by atoms with van der Waals surface area (Å²) < 4.78 is 5.79. The lowest BCUT2D eigenvalue weighted by Crippen LogP contribution is -2.11. The molecule has 0 heterocycles. The quantitative estimate of drug-likeness (QED) is 0.849. The van der Waals surface area contributed by atoms with Crippen molar-refractivity contribution in [2.45, 2.75) is 32.9 Å². The van der Waals surface area contributed by atoms with E-state index in [-0.39, 0.29) is 17.9 Å². The van der Waals surface area contributed by atoms with Crippen LogP contribution in [0.5, 0.6) is 11.5 Å². The first-order valence-electron chi connectivity index (χ1n) is 6.87. The van der Waals surface area contributed by atoms with E-state index in [1.54, 1.807) is 12.1 Å². The third-order valence-electron chi connectivity index (χ3n) is 2.99. The molecule has 2 rings (SSSR count). The molecule has 1 atom stereocenters. The Morgan fingerprint density at radius 3 is 2.45 bits per heavy atom. The number of phenolic OH excluding ortho intramolecular Hbond substituents is 1. The number of aromatic hydroxyl groups is 1. The maximum atomic E-state index is 9.55. The Labute approximate surface area is 120 Å². The maximum Gasteiger partial charge on any atom is 0.142 e. The maximum absolute atomic E-state index is 9.55. The van der Waals surface area contributed by atoms with E-state index in [1.807, 2.05) is 50.2 Å². The van der Waals surface area contributed by atoms with Gasteiger partial charge in [-0.2, -0.15) is 0 Å². The molecule has 0 spiro atoms. The van der Waals surface area contributed by atoms with Crippen LogP contribution >= 0.6 is 0 Å². The summed E-state index contributed by atoms with van der Waals surface area (Å²) in [5.41, 5.74) is 1.99. The van der Waals surface area contributed by atoms with Crippen LogP contribution in [0.4, 0.5) is 5.69 Å². The van der Waals surface area contributed by atoms with Gasteiger partial charge in [-0.05, 0) is 50.6 Å². The molecule has 2 N–H and O–H groups in total. The number of hydrogen-bond acceptors (Lipinski definition) is 3. The van der Waals surface area contributed by atoms with Crippen LogP contribution in [0.3, 0.4) is 0 Å². The van der Waals surface area contributed by atoms with Gasteiger partial charge in [-0.1, -0.05) is 24.3 Å². The topological polar surface area (TPSA) is 41.5 Å². The van der Waals surface area contributed by atoms with Crippen molar-refractivity contribution in [2.75, 3.05) is 5.32 Å². The van der Waals surface area contributed by atoms with Gasteiger partial charge in [0.1, 0.15) is 11.5 Å². The summed E-state index contributed by atoms with van der Waals surface area (Å²) in [6.45, 7) is 6.08. The molecule has 2 aromatic carbocycles. The van der Waals surface area contributed by atoms with Crippen molar-refractivity contribution < 1.29 is 9.84 Å². The number of benzene rings is 2. The first kappa shape index (κ1) is 14.3. The van der Waals surface area contributed by atoms with Crippen LogP contribution in [-0.2, 0) is 0 Å². The average molecular weight is 271 g/mol. The van der Waals surface area contributed by atoms with Crippen LogP contribution in [0, 0.1) is 0 Å². The summed E-state index contributed by atoms with van der Waals surface area (Å²) in [4.78, 5) is 0. The average Bonchev–Trinajstić information content (AvgIpc) is 2.40. The van der Waals surface area contributed by atoms with Crippen molar-refractivity contribution in [1.29, 1.82) is 0 Å². The Morgan fingerprint density at radius 1 is 1.00 bits per heavy atom. The van der Waals surface area contributed by atoms with Crippen molar-refractivity contribution in [1.82, 2.24) is 0 Å². The van der Waals surface area contributed by atoms with Crippen LogP contribution in [-0.4, -0.2) is 11.2 Å². The molecule has 0 radical (unpaired) electrons. The zero-order valence-electron chi connectivity index (χ0n) is 12.1. The second-order valence-corrected chi connectivity index (χ2v) is 5.12. The Kier molecular flexibility index (Phi) is 4.51. The standard InChI is InChI=1S/C17H21NO2/c1-12(2)20-17-10-5-4-9-16(17)18-13(3)14-7-6-8-15(19)11-14/h4-13,18-19H,1-3H3. The third-order valence-corrected chi connectivity index (χ3v) is 2.99. The largest absolute Gasteiger partial charge is 0.508 e. The van der Waals surface area contributed by atoms with Gasteiger partial charge < -0.3 is 15.2 Å². The first-order chi connectivity index (χ1) is 9.56. The lowest BCUT2D eigenvalue weighted by atomic mass is 10.1. The van der Waals surface area contributed by atoms with Gasteiger partial charge in [0.05, 0.1) is 11.8 Å². The Morgan fingerprint density at radius 2 is 1.75 bits per heavy atom. The van der Waals surface area contributed by atoms with Crippen molar-refractivity contribution >= 4 is 5.69 Å². The van der Waals surface area contributed by atoms with Gasteiger partial charge >= 0.3 is 0 Å². The highest BCUT2D eigenvalue weighted by Crippen LogP contribution is 2.29. The van der Waals surface area contributed by atoms with E-state index in [9.17, 15) is 5.11 Å². The fourth-order valence-electron chi connectivity index (χ4n) is 2.05. The van der Waals surface area contributed by atoms with Crippen LogP contribution in [0.2, 0.25) is 0 Å². The van der Waals surface area contributed by atoms with E-state index in [1.165, 1.54) is 0 Å². The predicted octanol–water partition coefficient (Wildman–Crippen LogP) is 4.35. The van der Waals surface area contributed by atoms with Gasteiger partial charge in [0, 0.05) is 6.04 Å². The molecular formula is C17H21NO2. The van der Waals surface area contributed by atoms with Gasteiger partial charge in [0.2, 0.25) is 0 Å². The van der Waals surface area contributed by atoms with E-state index >= 15 is 0 Å². The number of phenols is 1. The Hall–Kier alpha value is -2.16. The SMILES string of the molecule is CC(C)Oc1ccccc1NC(C)c1cccc(O)c1. The summed E-state index contributed by atoms with van der Waals surface area (Å²) in [7, 11) is 0. The van der Waals surface area contributed by atoms with E-state index in [0.717, 1.165) is 17.0 Å². The smallest absolute Gasteiger partial charge is 0.142 e. The van der Waals surface area contributed by atoms with Crippen LogP contribution < -0.4 is 10.1 Å². The molecule has 2 aromatic rings. The molecule has 3 heteroatoms. The van der Waals surface area contributed by atoms with E-state index in [2.05, 4.69) is 12.2 Å². The lowest BCUT2D eigenvalue weighted by molar-refractivity contribution is 0.243.